The quantitative estimate of drug-likeness (QED) is 0.716. The van der Waals surface area contributed by atoms with E-state index in [0.717, 1.165) is 25.1 Å². The maximum atomic E-state index is 12.9. The predicted molar refractivity (Wildman–Crippen MR) is 104 cm³/mol. The molecule has 0 spiro atoms. The van der Waals surface area contributed by atoms with Crippen LogP contribution in [-0.2, 0) is 16.0 Å². The van der Waals surface area contributed by atoms with Gasteiger partial charge in [0.05, 0.1) is 17.9 Å². The van der Waals surface area contributed by atoms with Gasteiger partial charge in [-0.25, -0.2) is 0 Å². The summed E-state index contributed by atoms with van der Waals surface area (Å²) in [7, 11) is 0. The first-order valence-electron chi connectivity index (χ1n) is 9.75. The molecule has 0 aromatic carbocycles. The second kappa shape index (κ2) is 10.0. The molecule has 3 heterocycles. The van der Waals surface area contributed by atoms with Gasteiger partial charge in [-0.05, 0) is 38.0 Å². The van der Waals surface area contributed by atoms with Crippen molar-refractivity contribution in [1.29, 1.82) is 0 Å². The van der Waals surface area contributed by atoms with Crippen LogP contribution in [-0.4, -0.2) is 54.0 Å². The average Bonchev–Trinajstić information content (AvgIpc) is 3.37. The molecule has 0 aliphatic carbocycles. The standard InChI is InChI=1S/C21H27N3O4/c1-16-19(9-14-27-16)21(26)24(15-18-6-4-13-28-18)12-8-20(25)23-11-7-17-5-2-3-10-22-17/h2-3,5,9-10,14,18H,4,6-8,11-13,15H2,1H3,(H,23,25). The highest BCUT2D eigenvalue weighted by atomic mass is 16.5. The number of rotatable bonds is 9. The minimum absolute atomic E-state index is 0.0309. The third-order valence-electron chi connectivity index (χ3n) is 4.86. The highest BCUT2D eigenvalue weighted by Gasteiger charge is 2.25. The summed E-state index contributed by atoms with van der Waals surface area (Å²) in [6.07, 6.45) is 6.15. The van der Waals surface area contributed by atoms with Crippen LogP contribution in [0.4, 0.5) is 0 Å². The summed E-state index contributed by atoms with van der Waals surface area (Å²) in [5.74, 6) is 0.384. The van der Waals surface area contributed by atoms with Crippen molar-refractivity contribution in [3.05, 3.63) is 53.7 Å². The van der Waals surface area contributed by atoms with Gasteiger partial charge in [-0.2, -0.15) is 0 Å². The summed E-state index contributed by atoms with van der Waals surface area (Å²) >= 11 is 0. The van der Waals surface area contributed by atoms with E-state index in [0.29, 0.717) is 37.4 Å². The Morgan fingerprint density at radius 3 is 2.89 bits per heavy atom. The van der Waals surface area contributed by atoms with Crippen molar-refractivity contribution >= 4 is 11.8 Å². The third-order valence-corrected chi connectivity index (χ3v) is 4.86. The molecular weight excluding hydrogens is 358 g/mol. The van der Waals surface area contributed by atoms with E-state index in [1.54, 1.807) is 24.1 Å². The van der Waals surface area contributed by atoms with Gasteiger partial charge in [0.2, 0.25) is 5.91 Å². The fourth-order valence-electron chi connectivity index (χ4n) is 3.29. The van der Waals surface area contributed by atoms with Gasteiger partial charge in [0.1, 0.15) is 5.76 Å². The predicted octanol–water partition coefficient (Wildman–Crippen LogP) is 2.35. The number of amides is 2. The molecule has 0 radical (unpaired) electrons. The number of hydrogen-bond acceptors (Lipinski definition) is 5. The summed E-state index contributed by atoms with van der Waals surface area (Å²) in [5.41, 5.74) is 1.47. The van der Waals surface area contributed by atoms with Gasteiger partial charge in [-0.15, -0.1) is 0 Å². The zero-order chi connectivity index (χ0) is 19.8. The van der Waals surface area contributed by atoms with E-state index in [1.807, 2.05) is 18.2 Å². The van der Waals surface area contributed by atoms with Crippen LogP contribution >= 0.6 is 0 Å². The molecule has 3 rings (SSSR count). The third kappa shape index (κ3) is 5.66. The van der Waals surface area contributed by atoms with Gasteiger partial charge in [-0.1, -0.05) is 6.07 Å². The number of ether oxygens (including phenoxy) is 1. The van der Waals surface area contributed by atoms with Crippen molar-refractivity contribution in [3.63, 3.8) is 0 Å². The molecule has 0 bridgehead atoms. The zero-order valence-electron chi connectivity index (χ0n) is 16.2. The lowest BCUT2D eigenvalue weighted by Crippen LogP contribution is -2.40. The number of nitrogens with one attached hydrogen (secondary N) is 1. The molecular formula is C21H27N3O4. The van der Waals surface area contributed by atoms with Crippen LogP contribution in [0, 0.1) is 6.92 Å². The minimum Gasteiger partial charge on any atom is -0.469 e. The van der Waals surface area contributed by atoms with Crippen molar-refractivity contribution < 1.29 is 18.7 Å². The lowest BCUT2D eigenvalue weighted by atomic mass is 10.1. The molecule has 2 amide bonds. The van der Waals surface area contributed by atoms with E-state index in [2.05, 4.69) is 10.3 Å². The van der Waals surface area contributed by atoms with Crippen LogP contribution in [0.1, 0.15) is 41.1 Å². The van der Waals surface area contributed by atoms with Crippen LogP contribution in [0.3, 0.4) is 0 Å². The molecule has 1 aliphatic rings. The lowest BCUT2D eigenvalue weighted by molar-refractivity contribution is -0.121. The first kappa shape index (κ1) is 20.1. The normalized spacial score (nSPS) is 16.1. The molecule has 1 atom stereocenters. The lowest BCUT2D eigenvalue weighted by Gasteiger charge is -2.25. The van der Waals surface area contributed by atoms with E-state index in [-0.39, 0.29) is 24.3 Å². The highest BCUT2D eigenvalue weighted by Crippen LogP contribution is 2.17. The number of carbonyl (C=O) groups excluding carboxylic acids is 2. The zero-order valence-corrected chi connectivity index (χ0v) is 16.2. The summed E-state index contributed by atoms with van der Waals surface area (Å²) in [6.45, 7) is 3.85. The van der Waals surface area contributed by atoms with Gasteiger partial charge in [0.25, 0.3) is 5.91 Å². The van der Waals surface area contributed by atoms with Crippen molar-refractivity contribution in [3.8, 4) is 0 Å². The van der Waals surface area contributed by atoms with E-state index in [1.165, 1.54) is 6.26 Å². The van der Waals surface area contributed by atoms with Crippen LogP contribution < -0.4 is 5.32 Å². The molecule has 1 aliphatic heterocycles. The van der Waals surface area contributed by atoms with Crippen molar-refractivity contribution in [2.45, 2.75) is 38.7 Å². The molecule has 7 heteroatoms. The Kier molecular flexibility index (Phi) is 7.19. The number of aromatic nitrogens is 1. The Morgan fingerprint density at radius 1 is 1.32 bits per heavy atom. The average molecular weight is 385 g/mol. The van der Waals surface area contributed by atoms with Gasteiger partial charge < -0.3 is 19.4 Å². The van der Waals surface area contributed by atoms with Crippen molar-refractivity contribution in [2.24, 2.45) is 0 Å². The van der Waals surface area contributed by atoms with Gasteiger partial charge in [0, 0.05) is 51.0 Å². The summed E-state index contributed by atoms with van der Waals surface area (Å²) in [6, 6.07) is 7.40. The molecule has 150 valence electrons. The van der Waals surface area contributed by atoms with E-state index in [4.69, 9.17) is 9.15 Å². The Bertz CT molecular complexity index is 769. The fraction of sp³-hybridized carbons (Fsp3) is 0.476. The number of hydrogen-bond donors (Lipinski definition) is 1. The van der Waals surface area contributed by atoms with Crippen LogP contribution in [0.25, 0.3) is 0 Å². The largest absolute Gasteiger partial charge is 0.469 e. The number of nitrogens with zero attached hydrogens (tertiary/aromatic N) is 2. The van der Waals surface area contributed by atoms with E-state index < -0.39 is 0 Å². The smallest absolute Gasteiger partial charge is 0.257 e. The van der Waals surface area contributed by atoms with Crippen molar-refractivity contribution in [2.75, 3.05) is 26.2 Å². The molecule has 0 saturated carbocycles. The number of pyridine rings is 1. The molecule has 1 fully saturated rings. The summed E-state index contributed by atoms with van der Waals surface area (Å²) < 4.78 is 10.9. The minimum atomic E-state index is -0.122. The maximum absolute atomic E-state index is 12.9. The SMILES string of the molecule is Cc1occc1C(=O)N(CCC(=O)NCCc1ccccn1)CC1CCCO1. The van der Waals surface area contributed by atoms with E-state index >= 15 is 0 Å². The van der Waals surface area contributed by atoms with E-state index in [9.17, 15) is 9.59 Å². The molecule has 1 saturated heterocycles. The highest BCUT2D eigenvalue weighted by molar-refractivity contribution is 5.95. The second-order valence-corrected chi connectivity index (χ2v) is 6.95. The number of furan rings is 1. The van der Waals surface area contributed by atoms with Crippen LogP contribution in [0.15, 0.2) is 41.1 Å². The Labute approximate surface area is 165 Å². The summed E-state index contributed by atoms with van der Waals surface area (Å²) in [4.78, 5) is 31.1. The molecule has 1 N–H and O–H groups in total. The van der Waals surface area contributed by atoms with Gasteiger partial charge in [-0.3, -0.25) is 14.6 Å². The molecule has 28 heavy (non-hydrogen) atoms. The first-order valence-corrected chi connectivity index (χ1v) is 9.75. The van der Waals surface area contributed by atoms with Gasteiger partial charge >= 0.3 is 0 Å². The number of aryl methyl sites for hydroxylation is 1. The Morgan fingerprint density at radius 2 is 2.21 bits per heavy atom. The van der Waals surface area contributed by atoms with Crippen molar-refractivity contribution in [1.82, 2.24) is 15.2 Å². The fourth-order valence-corrected chi connectivity index (χ4v) is 3.29. The molecule has 2 aromatic heterocycles. The Hall–Kier alpha value is -2.67. The first-order chi connectivity index (χ1) is 13.6. The molecule has 1 unspecified atom stereocenters. The second-order valence-electron chi connectivity index (χ2n) is 6.95. The Balaban J connectivity index is 1.51. The number of carbonyl (C=O) groups is 2. The monoisotopic (exact) mass is 385 g/mol. The maximum Gasteiger partial charge on any atom is 0.257 e. The molecule has 7 nitrogen and oxygen atoms in total. The molecule has 2 aromatic rings. The van der Waals surface area contributed by atoms with Crippen LogP contribution in [0.2, 0.25) is 0 Å². The van der Waals surface area contributed by atoms with Crippen LogP contribution in [0.5, 0.6) is 0 Å². The van der Waals surface area contributed by atoms with Gasteiger partial charge in [0.15, 0.2) is 0 Å². The summed E-state index contributed by atoms with van der Waals surface area (Å²) in [5, 5.41) is 2.90. The topological polar surface area (TPSA) is 84.7 Å².